The van der Waals surface area contributed by atoms with E-state index in [0.717, 1.165) is 24.2 Å². The minimum atomic E-state index is -0.293. The van der Waals surface area contributed by atoms with E-state index in [1.807, 2.05) is 22.7 Å². The number of carbonyl (C=O) groups excluding carboxylic acids is 1. The summed E-state index contributed by atoms with van der Waals surface area (Å²) in [5.74, 6) is 1.70. The van der Waals surface area contributed by atoms with Crippen molar-refractivity contribution in [2.75, 3.05) is 30.0 Å². The molecule has 0 bridgehead atoms. The molecule has 0 aliphatic carbocycles. The molecule has 174 valence electrons. The Balaban J connectivity index is 1.44. The van der Waals surface area contributed by atoms with Gasteiger partial charge in [-0.2, -0.15) is 0 Å². The predicted octanol–water partition coefficient (Wildman–Crippen LogP) is 2.46. The molecule has 10 heteroatoms. The fourth-order valence-corrected chi connectivity index (χ4v) is 4.22. The van der Waals surface area contributed by atoms with Gasteiger partial charge in [-0.1, -0.05) is 18.2 Å². The summed E-state index contributed by atoms with van der Waals surface area (Å²) in [6, 6.07) is 12.2. The molecule has 1 aliphatic heterocycles. The standard InChI is InChI=1S/C24H25N7O3/c25-18-2-1-3-19(28-18)29-24(33)15-6-4-14(5-7-15)20-21-22(26)27-10-11-31(21)23(30-20)16-8-9-17(12-32)34-13-16/h1-7,10-11,16-17,32H,8-9,12-13H2,(H2,26,27)(H3,25,28,29,33)/t16-,17-/m0/s1. The summed E-state index contributed by atoms with van der Waals surface area (Å²) in [6.45, 7) is 0.494. The lowest BCUT2D eigenvalue weighted by Gasteiger charge is -2.27. The average Bonchev–Trinajstić information content (AvgIpc) is 3.25. The van der Waals surface area contributed by atoms with Crippen LogP contribution in [0.25, 0.3) is 16.8 Å². The van der Waals surface area contributed by atoms with Crippen LogP contribution in [0.5, 0.6) is 0 Å². The number of hydrogen-bond acceptors (Lipinski definition) is 8. The summed E-state index contributed by atoms with van der Waals surface area (Å²) in [5, 5.41) is 12.1. The molecule has 0 radical (unpaired) electrons. The summed E-state index contributed by atoms with van der Waals surface area (Å²) in [4.78, 5) is 25.9. The number of anilines is 3. The highest BCUT2D eigenvalue weighted by Gasteiger charge is 2.27. The molecule has 1 amide bonds. The van der Waals surface area contributed by atoms with Gasteiger partial charge in [0.05, 0.1) is 19.3 Å². The fraction of sp³-hybridized carbons (Fsp3) is 0.250. The Morgan fingerprint density at radius 2 is 1.97 bits per heavy atom. The number of nitrogen functional groups attached to an aromatic ring is 2. The van der Waals surface area contributed by atoms with Crippen molar-refractivity contribution in [3.05, 3.63) is 66.2 Å². The van der Waals surface area contributed by atoms with E-state index in [4.69, 9.17) is 21.2 Å². The van der Waals surface area contributed by atoms with Crippen LogP contribution >= 0.6 is 0 Å². The zero-order valence-electron chi connectivity index (χ0n) is 18.4. The molecule has 5 rings (SSSR count). The SMILES string of the molecule is Nc1cccc(NC(=O)c2ccc(-c3nc([C@H]4CC[C@@H](CO)OC4)n4ccnc(N)c34)cc2)n1. The van der Waals surface area contributed by atoms with Crippen molar-refractivity contribution >= 4 is 28.9 Å². The molecule has 6 N–H and O–H groups in total. The minimum Gasteiger partial charge on any atom is -0.394 e. The number of imidazole rings is 1. The largest absolute Gasteiger partial charge is 0.394 e. The molecule has 34 heavy (non-hydrogen) atoms. The van der Waals surface area contributed by atoms with Gasteiger partial charge in [-0.3, -0.25) is 9.20 Å². The third-order valence-electron chi connectivity index (χ3n) is 5.98. The van der Waals surface area contributed by atoms with Gasteiger partial charge in [0.25, 0.3) is 5.91 Å². The van der Waals surface area contributed by atoms with Crippen LogP contribution in [0.1, 0.15) is 34.9 Å². The van der Waals surface area contributed by atoms with E-state index in [1.54, 1.807) is 36.5 Å². The van der Waals surface area contributed by atoms with Crippen LogP contribution in [0.3, 0.4) is 0 Å². The molecular weight excluding hydrogens is 434 g/mol. The second kappa shape index (κ2) is 9.08. The highest BCUT2D eigenvalue weighted by molar-refractivity contribution is 6.04. The van der Waals surface area contributed by atoms with Gasteiger partial charge in [-0.25, -0.2) is 15.0 Å². The number of carbonyl (C=O) groups is 1. The smallest absolute Gasteiger partial charge is 0.256 e. The van der Waals surface area contributed by atoms with Gasteiger partial charge in [0.15, 0.2) is 0 Å². The molecule has 10 nitrogen and oxygen atoms in total. The van der Waals surface area contributed by atoms with Gasteiger partial charge in [-0.05, 0) is 37.1 Å². The van der Waals surface area contributed by atoms with Crippen LogP contribution in [0, 0.1) is 0 Å². The van der Waals surface area contributed by atoms with Gasteiger partial charge >= 0.3 is 0 Å². The molecule has 0 spiro atoms. The van der Waals surface area contributed by atoms with Gasteiger partial charge in [0.1, 0.15) is 34.5 Å². The Hall–Kier alpha value is -4.02. The highest BCUT2D eigenvalue weighted by Crippen LogP contribution is 2.34. The molecule has 0 unspecified atom stereocenters. The van der Waals surface area contributed by atoms with Crippen LogP contribution in [0.2, 0.25) is 0 Å². The first kappa shape index (κ1) is 21.8. The molecule has 0 saturated carbocycles. The van der Waals surface area contributed by atoms with E-state index >= 15 is 0 Å². The Labute approximate surface area is 195 Å². The number of amides is 1. The Bertz CT molecular complexity index is 1330. The first-order chi connectivity index (χ1) is 16.5. The van der Waals surface area contributed by atoms with Crippen molar-refractivity contribution in [1.29, 1.82) is 0 Å². The fourth-order valence-electron chi connectivity index (χ4n) is 4.22. The van der Waals surface area contributed by atoms with Crippen molar-refractivity contribution in [3.8, 4) is 11.3 Å². The van der Waals surface area contributed by atoms with Crippen molar-refractivity contribution in [2.24, 2.45) is 0 Å². The lowest BCUT2D eigenvalue weighted by Crippen LogP contribution is -2.28. The number of pyridine rings is 1. The van der Waals surface area contributed by atoms with Gasteiger partial charge < -0.3 is 26.6 Å². The van der Waals surface area contributed by atoms with Gasteiger partial charge in [-0.15, -0.1) is 0 Å². The van der Waals surface area contributed by atoms with E-state index < -0.39 is 0 Å². The Kier molecular flexibility index (Phi) is 5.83. The van der Waals surface area contributed by atoms with Crippen molar-refractivity contribution < 1.29 is 14.6 Å². The summed E-state index contributed by atoms with van der Waals surface area (Å²) >= 11 is 0. The molecule has 2 atom stereocenters. The maximum absolute atomic E-state index is 12.6. The number of nitrogens with two attached hydrogens (primary N) is 2. The Morgan fingerprint density at radius 1 is 1.15 bits per heavy atom. The maximum Gasteiger partial charge on any atom is 0.256 e. The number of nitrogens with one attached hydrogen (secondary N) is 1. The second-order valence-corrected chi connectivity index (χ2v) is 8.24. The lowest BCUT2D eigenvalue weighted by molar-refractivity contribution is -0.0282. The Morgan fingerprint density at radius 3 is 2.68 bits per heavy atom. The first-order valence-electron chi connectivity index (χ1n) is 11.0. The number of hydrogen-bond donors (Lipinski definition) is 4. The summed E-state index contributed by atoms with van der Waals surface area (Å²) in [7, 11) is 0. The number of benzene rings is 1. The molecule has 1 aliphatic rings. The maximum atomic E-state index is 12.6. The van der Waals surface area contributed by atoms with Crippen LogP contribution in [-0.4, -0.2) is 49.7 Å². The lowest BCUT2D eigenvalue weighted by atomic mass is 9.98. The highest BCUT2D eigenvalue weighted by atomic mass is 16.5. The average molecular weight is 460 g/mol. The van der Waals surface area contributed by atoms with E-state index in [-0.39, 0.29) is 24.5 Å². The second-order valence-electron chi connectivity index (χ2n) is 8.24. The third-order valence-corrected chi connectivity index (χ3v) is 5.98. The molecule has 1 aromatic carbocycles. The number of aliphatic hydroxyl groups excluding tert-OH is 1. The number of nitrogens with zero attached hydrogens (tertiary/aromatic N) is 4. The third kappa shape index (κ3) is 4.16. The van der Waals surface area contributed by atoms with Crippen molar-refractivity contribution in [3.63, 3.8) is 0 Å². The molecule has 4 heterocycles. The van der Waals surface area contributed by atoms with Crippen LogP contribution < -0.4 is 16.8 Å². The van der Waals surface area contributed by atoms with Gasteiger partial charge in [0, 0.05) is 29.4 Å². The van der Waals surface area contributed by atoms with E-state index in [1.165, 1.54) is 0 Å². The number of aromatic nitrogens is 4. The topological polar surface area (TPSA) is 154 Å². The first-order valence-corrected chi connectivity index (χ1v) is 11.0. The van der Waals surface area contributed by atoms with E-state index in [0.29, 0.717) is 40.8 Å². The monoisotopic (exact) mass is 459 g/mol. The quantitative estimate of drug-likeness (QED) is 0.355. The predicted molar refractivity (Wildman–Crippen MR) is 128 cm³/mol. The number of aliphatic hydroxyl groups is 1. The summed E-state index contributed by atoms with van der Waals surface area (Å²) in [6.07, 6.45) is 4.97. The van der Waals surface area contributed by atoms with Crippen molar-refractivity contribution in [2.45, 2.75) is 24.9 Å². The van der Waals surface area contributed by atoms with Crippen molar-refractivity contribution in [1.82, 2.24) is 19.4 Å². The minimum absolute atomic E-state index is 0.0187. The van der Waals surface area contributed by atoms with E-state index in [9.17, 15) is 9.90 Å². The summed E-state index contributed by atoms with van der Waals surface area (Å²) < 4.78 is 7.73. The van der Waals surface area contributed by atoms with Crippen LogP contribution in [0.4, 0.5) is 17.5 Å². The molecule has 1 fully saturated rings. The normalized spacial score (nSPS) is 18.1. The molecular formula is C24H25N7O3. The molecule has 4 aromatic rings. The number of fused-ring (bicyclic) bond motifs is 1. The molecule has 3 aromatic heterocycles. The zero-order valence-corrected chi connectivity index (χ0v) is 18.4. The summed E-state index contributed by atoms with van der Waals surface area (Å²) in [5.41, 5.74) is 14.6. The van der Waals surface area contributed by atoms with Crippen LogP contribution in [0.15, 0.2) is 54.9 Å². The van der Waals surface area contributed by atoms with E-state index in [2.05, 4.69) is 15.3 Å². The van der Waals surface area contributed by atoms with Gasteiger partial charge in [0.2, 0.25) is 0 Å². The number of ether oxygens (including phenoxy) is 1. The van der Waals surface area contributed by atoms with Crippen LogP contribution in [-0.2, 0) is 4.74 Å². The number of rotatable bonds is 5. The zero-order chi connectivity index (χ0) is 23.7. The molecule has 1 saturated heterocycles.